The van der Waals surface area contributed by atoms with Gasteiger partial charge in [-0.2, -0.15) is 31.3 Å². The average Bonchev–Trinajstić information content (AvgIpc) is 3.13. The van der Waals surface area contributed by atoms with E-state index in [2.05, 4.69) is 30.9 Å². The summed E-state index contributed by atoms with van der Waals surface area (Å²) in [5, 5.41) is 24.3. The van der Waals surface area contributed by atoms with Crippen molar-refractivity contribution in [2.24, 2.45) is 5.92 Å². The molecule has 2 aromatic heterocycles. The highest BCUT2D eigenvalue weighted by Crippen LogP contribution is 2.30. The Kier molecular flexibility index (Phi) is 14.0. The van der Waals surface area contributed by atoms with E-state index < -0.39 is 24.3 Å². The SMILES string of the molecule is O=C(CC1CCN(C(=O)c2ccccc2)CC1)Nc1ccc2cc1CCc1cncc(c1)Nc1ncc(Cl)c(n1)N2.O=C(O)C(F)(F)F.O=C(O)C(F)(F)F. The first-order valence-electron chi connectivity index (χ1n) is 16.3. The molecule has 0 saturated carbocycles. The highest BCUT2D eigenvalue weighted by atomic mass is 35.5. The molecule has 0 spiro atoms. The van der Waals surface area contributed by atoms with Crippen LogP contribution in [0.25, 0.3) is 0 Å². The third kappa shape index (κ3) is 12.8. The first-order valence-corrected chi connectivity index (χ1v) is 16.6. The molecule has 0 unspecified atom stereocenters. The fourth-order valence-corrected chi connectivity index (χ4v) is 5.46. The standard InChI is InChI=1S/C31H30ClN7O2.2C2HF3O2/c32-26-19-34-31-36-25-14-21(17-33-18-25)6-7-23-16-24(35-29(26)38-31)8-9-27(23)37-28(40)15-20-10-12-39(13-11-20)30(41)22-4-2-1-3-5-22;2*3-2(4,5)1(6)7/h1-5,8-9,14,16-20H,6-7,10-13,15H2,(H,37,40)(H2,34,35,36,38);2*(H,6,7). The zero-order valence-corrected chi connectivity index (χ0v) is 29.2. The molecular formula is C35H32ClF6N7O6. The summed E-state index contributed by atoms with van der Waals surface area (Å²) in [6, 6.07) is 17.2. The van der Waals surface area contributed by atoms with Gasteiger partial charge in [-0.1, -0.05) is 29.8 Å². The van der Waals surface area contributed by atoms with Gasteiger partial charge in [0.25, 0.3) is 5.91 Å². The number of hydrogen-bond acceptors (Lipinski definition) is 9. The van der Waals surface area contributed by atoms with Gasteiger partial charge >= 0.3 is 24.3 Å². The number of benzene rings is 2. The topological polar surface area (TPSA) is 187 Å². The minimum absolute atomic E-state index is 0.0194. The van der Waals surface area contributed by atoms with Gasteiger partial charge in [-0.25, -0.2) is 14.6 Å². The molecule has 2 aliphatic heterocycles. The molecule has 2 aliphatic rings. The largest absolute Gasteiger partial charge is 0.490 e. The minimum atomic E-state index is -5.08. The van der Waals surface area contributed by atoms with Crippen molar-refractivity contribution in [3.8, 4) is 0 Å². The zero-order chi connectivity index (χ0) is 40.3. The minimum Gasteiger partial charge on any atom is -0.475 e. The molecule has 4 heterocycles. The van der Waals surface area contributed by atoms with E-state index >= 15 is 0 Å². The second kappa shape index (κ2) is 18.4. The van der Waals surface area contributed by atoms with Crippen molar-refractivity contribution < 1.29 is 55.7 Å². The van der Waals surface area contributed by atoms with Gasteiger partial charge in [0.1, 0.15) is 5.02 Å². The summed E-state index contributed by atoms with van der Waals surface area (Å²) < 4.78 is 63.5. The van der Waals surface area contributed by atoms with Crippen LogP contribution in [-0.4, -0.2) is 79.3 Å². The number of carboxylic acid groups (broad SMARTS) is 2. The van der Waals surface area contributed by atoms with Crippen molar-refractivity contribution in [2.45, 2.75) is 44.5 Å². The number of rotatable bonds is 4. The summed E-state index contributed by atoms with van der Waals surface area (Å²) >= 11 is 6.38. The van der Waals surface area contributed by atoms with Gasteiger partial charge in [0.15, 0.2) is 5.82 Å². The number of carbonyl (C=O) groups is 4. The van der Waals surface area contributed by atoms with Crippen molar-refractivity contribution in [1.82, 2.24) is 19.9 Å². The van der Waals surface area contributed by atoms with Crippen molar-refractivity contribution in [2.75, 3.05) is 29.0 Å². The van der Waals surface area contributed by atoms with Crippen molar-refractivity contribution in [3.05, 3.63) is 94.9 Å². The highest BCUT2D eigenvalue weighted by molar-refractivity contribution is 6.32. The maximum Gasteiger partial charge on any atom is 0.490 e. The molecule has 1 saturated heterocycles. The second-order valence-corrected chi connectivity index (χ2v) is 12.5. The number of aromatic nitrogens is 3. The Balaban J connectivity index is 0.000000410. The van der Waals surface area contributed by atoms with Crippen LogP contribution in [0.3, 0.4) is 0 Å². The van der Waals surface area contributed by atoms with Crippen LogP contribution < -0.4 is 16.0 Å². The third-order valence-corrected chi connectivity index (χ3v) is 8.28. The average molecular weight is 796 g/mol. The van der Waals surface area contributed by atoms with Crippen molar-refractivity contribution in [1.29, 1.82) is 0 Å². The Morgan fingerprint density at radius 1 is 0.836 bits per heavy atom. The number of amides is 2. The molecule has 55 heavy (non-hydrogen) atoms. The molecule has 0 radical (unpaired) electrons. The van der Waals surface area contributed by atoms with Crippen LogP contribution >= 0.6 is 11.6 Å². The van der Waals surface area contributed by atoms with E-state index in [0.29, 0.717) is 48.3 Å². The first kappa shape index (κ1) is 41.8. The summed E-state index contributed by atoms with van der Waals surface area (Å²) in [5.74, 6) is -4.36. The molecule has 2 aromatic carbocycles. The number of aryl methyl sites for hydroxylation is 2. The van der Waals surface area contributed by atoms with Gasteiger partial charge < -0.3 is 31.1 Å². The molecule has 5 N–H and O–H groups in total. The highest BCUT2D eigenvalue weighted by Gasteiger charge is 2.39. The summed E-state index contributed by atoms with van der Waals surface area (Å²) in [5.41, 5.74) is 5.13. The number of fused-ring (bicyclic) bond motifs is 6. The number of carbonyl (C=O) groups excluding carboxylic acids is 2. The normalized spacial score (nSPS) is 14.0. The molecular weight excluding hydrogens is 764 g/mol. The lowest BCUT2D eigenvalue weighted by atomic mass is 9.92. The Bertz CT molecular complexity index is 1970. The molecule has 13 nitrogen and oxygen atoms in total. The zero-order valence-electron chi connectivity index (χ0n) is 28.4. The van der Waals surface area contributed by atoms with Crippen LogP contribution in [0, 0.1) is 5.92 Å². The fourth-order valence-electron chi connectivity index (χ4n) is 5.32. The summed E-state index contributed by atoms with van der Waals surface area (Å²) in [6.45, 7) is 1.32. The fraction of sp³-hybridized carbons (Fsp3) is 0.286. The molecule has 4 aromatic rings. The van der Waals surface area contributed by atoms with Crippen molar-refractivity contribution >= 4 is 64.2 Å². The molecule has 2 amide bonds. The van der Waals surface area contributed by atoms with Gasteiger partial charge in [-0.15, -0.1) is 0 Å². The number of likely N-dealkylation sites (tertiary alicyclic amines) is 1. The van der Waals surface area contributed by atoms with E-state index in [4.69, 9.17) is 31.4 Å². The summed E-state index contributed by atoms with van der Waals surface area (Å²) in [7, 11) is 0. The van der Waals surface area contributed by atoms with Crippen molar-refractivity contribution in [3.63, 3.8) is 0 Å². The molecule has 6 bridgehead atoms. The van der Waals surface area contributed by atoms with Crippen LogP contribution in [-0.2, 0) is 27.2 Å². The lowest BCUT2D eigenvalue weighted by molar-refractivity contribution is -0.193. The number of alkyl halides is 6. The van der Waals surface area contributed by atoms with Gasteiger partial charge in [-0.3, -0.25) is 14.6 Å². The molecule has 6 rings (SSSR count). The maximum absolute atomic E-state index is 13.2. The molecule has 0 atom stereocenters. The lowest BCUT2D eigenvalue weighted by Gasteiger charge is -2.32. The number of pyridine rings is 1. The van der Waals surface area contributed by atoms with Crippen LogP contribution in [0.15, 0.2) is 73.2 Å². The van der Waals surface area contributed by atoms with E-state index in [-0.39, 0.29) is 17.7 Å². The maximum atomic E-state index is 13.2. The quantitative estimate of drug-likeness (QED) is 0.131. The number of nitrogens with zero attached hydrogens (tertiary/aromatic N) is 4. The van der Waals surface area contributed by atoms with E-state index in [1.54, 1.807) is 12.4 Å². The number of carboxylic acids is 2. The van der Waals surface area contributed by atoms with Gasteiger partial charge in [0.05, 0.1) is 18.1 Å². The van der Waals surface area contributed by atoms with Gasteiger partial charge in [-0.05, 0) is 79.1 Å². The van der Waals surface area contributed by atoms with Crippen LogP contribution in [0.2, 0.25) is 5.02 Å². The molecule has 0 aliphatic carbocycles. The predicted molar refractivity (Wildman–Crippen MR) is 187 cm³/mol. The first-order chi connectivity index (χ1) is 25.9. The third-order valence-electron chi connectivity index (χ3n) is 8.00. The second-order valence-electron chi connectivity index (χ2n) is 12.1. The number of aliphatic carboxylic acids is 2. The smallest absolute Gasteiger partial charge is 0.475 e. The number of halogens is 7. The Labute approximate surface area is 313 Å². The van der Waals surface area contributed by atoms with E-state index in [9.17, 15) is 35.9 Å². The van der Waals surface area contributed by atoms with E-state index in [0.717, 1.165) is 47.5 Å². The van der Waals surface area contributed by atoms with Crippen LogP contribution in [0.4, 0.5) is 55.2 Å². The van der Waals surface area contributed by atoms with Gasteiger partial charge in [0.2, 0.25) is 11.9 Å². The Morgan fingerprint density at radius 2 is 1.47 bits per heavy atom. The van der Waals surface area contributed by atoms with Crippen LogP contribution in [0.1, 0.15) is 40.7 Å². The summed E-state index contributed by atoms with van der Waals surface area (Å²) in [4.78, 5) is 58.8. The Hall–Kier alpha value is -5.98. The lowest BCUT2D eigenvalue weighted by Crippen LogP contribution is -2.39. The van der Waals surface area contributed by atoms with Crippen LogP contribution in [0.5, 0.6) is 0 Å². The van der Waals surface area contributed by atoms with E-state index in [1.807, 2.05) is 65.7 Å². The number of anilines is 5. The monoisotopic (exact) mass is 795 g/mol. The summed E-state index contributed by atoms with van der Waals surface area (Å²) in [6.07, 6.45) is -1.58. The molecule has 1 fully saturated rings. The number of nitrogens with one attached hydrogen (secondary N) is 3. The van der Waals surface area contributed by atoms with Gasteiger partial charge in [0, 0.05) is 42.6 Å². The number of piperidine rings is 1. The van der Waals surface area contributed by atoms with E-state index in [1.165, 1.54) is 0 Å². The molecule has 20 heteroatoms. The predicted octanol–water partition coefficient (Wildman–Crippen LogP) is 7.26. The Morgan fingerprint density at radius 3 is 2.09 bits per heavy atom. The number of hydrogen-bond donors (Lipinski definition) is 5. The molecule has 292 valence electrons.